The summed E-state index contributed by atoms with van der Waals surface area (Å²) in [5.74, 6) is 2.68. The number of nitrogens with one attached hydrogen (secondary N) is 1. The van der Waals surface area contributed by atoms with Crippen molar-refractivity contribution in [2.24, 2.45) is 5.92 Å². The Bertz CT molecular complexity index is 730. The predicted octanol–water partition coefficient (Wildman–Crippen LogP) is 3.87. The molecule has 0 aromatic heterocycles. The van der Waals surface area contributed by atoms with E-state index in [2.05, 4.69) is 23.9 Å². The zero-order valence-electron chi connectivity index (χ0n) is 15.4. The van der Waals surface area contributed by atoms with Gasteiger partial charge in [0.2, 0.25) is 5.91 Å². The molecule has 0 aromatic carbocycles. The number of carbonyl (C=O) groups excluding carboxylic acids is 1. The highest BCUT2D eigenvalue weighted by atomic mass is 32.2. The number of hydrogen-bond donors (Lipinski definition) is 1. The third-order valence-electron chi connectivity index (χ3n) is 3.53. The molecule has 1 amide bonds. The first-order chi connectivity index (χ1) is 12.3. The molecular formula is C21H24N2O2S. The minimum absolute atomic E-state index is 0.155. The molecule has 4 nitrogen and oxygen atoms in total. The lowest BCUT2D eigenvalue weighted by Gasteiger charge is -2.23. The van der Waals surface area contributed by atoms with Crippen LogP contribution in [0.2, 0.25) is 0 Å². The van der Waals surface area contributed by atoms with E-state index >= 15 is 0 Å². The molecule has 0 fully saturated rings. The Balaban J connectivity index is 2.69. The first kappa shape index (κ1) is 21.4. The molecule has 1 aliphatic heterocycles. The molecule has 0 saturated carbocycles. The van der Waals surface area contributed by atoms with E-state index in [0.717, 1.165) is 5.57 Å². The van der Waals surface area contributed by atoms with Crippen molar-refractivity contribution in [2.75, 3.05) is 6.61 Å². The molecule has 5 heteroatoms. The van der Waals surface area contributed by atoms with Gasteiger partial charge in [0.15, 0.2) is 0 Å². The van der Waals surface area contributed by atoms with Gasteiger partial charge in [0.05, 0.1) is 17.5 Å². The van der Waals surface area contributed by atoms with Crippen LogP contribution in [0.3, 0.4) is 0 Å². The fourth-order valence-electron chi connectivity index (χ4n) is 1.88. The molecule has 2 atom stereocenters. The van der Waals surface area contributed by atoms with Crippen molar-refractivity contribution in [2.45, 2.75) is 31.6 Å². The Morgan fingerprint density at radius 3 is 2.92 bits per heavy atom. The third-order valence-corrected chi connectivity index (χ3v) is 4.46. The number of carbonyl (C=O) groups is 1. The lowest BCUT2D eigenvalue weighted by Crippen LogP contribution is -2.45. The molecule has 0 saturated heterocycles. The zero-order chi connectivity index (χ0) is 19.6. The summed E-state index contributed by atoms with van der Waals surface area (Å²) in [6.45, 7) is 9.41. The average molecular weight is 369 g/mol. The molecule has 1 heterocycles. The molecule has 1 N–H and O–H groups in total. The number of amides is 1. The Morgan fingerprint density at radius 2 is 2.35 bits per heavy atom. The Labute approximate surface area is 160 Å². The molecule has 136 valence electrons. The Hall–Kier alpha value is -2.63. The van der Waals surface area contributed by atoms with Gasteiger partial charge in [-0.2, -0.15) is 5.26 Å². The fourth-order valence-corrected chi connectivity index (χ4v) is 2.66. The molecule has 2 unspecified atom stereocenters. The summed E-state index contributed by atoms with van der Waals surface area (Å²) in [6.07, 6.45) is 16.1. The minimum Gasteiger partial charge on any atom is -0.489 e. The summed E-state index contributed by atoms with van der Waals surface area (Å²) in [7, 11) is 0. The van der Waals surface area contributed by atoms with Gasteiger partial charge in [-0.05, 0) is 43.9 Å². The number of nitrogens with zero attached hydrogens (tertiary/aromatic N) is 1. The molecule has 0 spiro atoms. The maximum Gasteiger partial charge on any atom is 0.238 e. The van der Waals surface area contributed by atoms with Crippen molar-refractivity contribution in [1.82, 2.24) is 5.32 Å². The van der Waals surface area contributed by atoms with E-state index in [4.69, 9.17) is 16.4 Å². The lowest BCUT2D eigenvalue weighted by atomic mass is 10.1. The summed E-state index contributed by atoms with van der Waals surface area (Å²) in [6, 6.07) is 2.12. The van der Waals surface area contributed by atoms with E-state index in [1.165, 1.54) is 11.8 Å². The average Bonchev–Trinajstić information content (AvgIpc) is 2.64. The second-order valence-corrected chi connectivity index (χ2v) is 7.14. The first-order valence-electron chi connectivity index (χ1n) is 8.17. The highest BCUT2D eigenvalue weighted by Crippen LogP contribution is 2.24. The largest absolute Gasteiger partial charge is 0.489 e. The Morgan fingerprint density at radius 1 is 1.62 bits per heavy atom. The quantitative estimate of drug-likeness (QED) is 0.401. The number of rotatable bonds is 8. The van der Waals surface area contributed by atoms with Gasteiger partial charge < -0.3 is 10.1 Å². The van der Waals surface area contributed by atoms with E-state index < -0.39 is 10.8 Å². The molecule has 1 aliphatic rings. The SMILES string of the molecule is C#CC(C)(C)NC(=O)C1C=C(OC/C(C=CC(C#N)C=C)=C/C)C=CS1. The summed E-state index contributed by atoms with van der Waals surface area (Å²) >= 11 is 1.39. The predicted molar refractivity (Wildman–Crippen MR) is 108 cm³/mol. The van der Waals surface area contributed by atoms with Gasteiger partial charge in [0, 0.05) is 0 Å². The van der Waals surface area contributed by atoms with Crippen LogP contribution in [0, 0.1) is 29.6 Å². The normalized spacial score (nSPS) is 18.4. The number of terminal acetylenes is 1. The summed E-state index contributed by atoms with van der Waals surface area (Å²) in [4.78, 5) is 12.3. The lowest BCUT2D eigenvalue weighted by molar-refractivity contribution is -0.120. The number of allylic oxidation sites excluding steroid dienone is 4. The van der Waals surface area contributed by atoms with E-state index in [1.807, 2.05) is 30.6 Å². The van der Waals surface area contributed by atoms with Crippen molar-refractivity contribution in [3.8, 4) is 18.4 Å². The number of ether oxygens (including phenoxy) is 1. The smallest absolute Gasteiger partial charge is 0.238 e. The van der Waals surface area contributed by atoms with Crippen molar-refractivity contribution >= 4 is 17.7 Å². The second-order valence-electron chi connectivity index (χ2n) is 6.09. The number of thioether (sulfide) groups is 1. The van der Waals surface area contributed by atoms with Crippen molar-refractivity contribution in [3.63, 3.8) is 0 Å². The van der Waals surface area contributed by atoms with E-state index in [1.54, 1.807) is 32.1 Å². The van der Waals surface area contributed by atoms with Gasteiger partial charge >= 0.3 is 0 Å². The molecule has 0 radical (unpaired) electrons. The molecule has 0 bridgehead atoms. The van der Waals surface area contributed by atoms with Gasteiger partial charge in [-0.25, -0.2) is 0 Å². The van der Waals surface area contributed by atoms with Gasteiger partial charge in [-0.3, -0.25) is 4.79 Å². The highest BCUT2D eigenvalue weighted by Gasteiger charge is 2.24. The standard InChI is InChI=1S/C21H24N2O2S/c1-6-16(14-22)9-10-17(7-2)15-25-18-11-12-26-19(13-18)20(24)23-21(4,5)8-3/h3,6-7,9-13,16,19H,1,15H2,2,4-5H3,(H,23,24)/b10-9?,17-7+. The van der Waals surface area contributed by atoms with Crippen molar-refractivity contribution in [3.05, 3.63) is 59.8 Å². The molecule has 26 heavy (non-hydrogen) atoms. The van der Waals surface area contributed by atoms with Crippen LogP contribution in [-0.2, 0) is 9.53 Å². The number of hydrogen-bond acceptors (Lipinski definition) is 4. The first-order valence-corrected chi connectivity index (χ1v) is 9.11. The maximum absolute atomic E-state index is 12.3. The third kappa shape index (κ3) is 7.09. The summed E-state index contributed by atoms with van der Waals surface area (Å²) in [5, 5.41) is 13.2. The van der Waals surface area contributed by atoms with Crippen LogP contribution < -0.4 is 5.32 Å². The van der Waals surface area contributed by atoms with E-state index in [9.17, 15) is 4.79 Å². The minimum atomic E-state index is -0.695. The van der Waals surface area contributed by atoms with E-state index in [0.29, 0.717) is 12.4 Å². The molecular weight excluding hydrogens is 344 g/mol. The van der Waals surface area contributed by atoms with Gasteiger partial charge in [-0.15, -0.1) is 24.8 Å². The van der Waals surface area contributed by atoms with E-state index in [-0.39, 0.29) is 11.8 Å². The van der Waals surface area contributed by atoms with Crippen molar-refractivity contribution < 1.29 is 9.53 Å². The van der Waals surface area contributed by atoms with Gasteiger partial charge in [-0.1, -0.05) is 30.2 Å². The highest BCUT2D eigenvalue weighted by molar-refractivity contribution is 8.03. The van der Waals surface area contributed by atoms with Crippen LogP contribution in [0.4, 0.5) is 0 Å². The molecule has 0 aliphatic carbocycles. The summed E-state index contributed by atoms with van der Waals surface area (Å²) in [5.41, 5.74) is 0.230. The van der Waals surface area contributed by atoms with Crippen LogP contribution in [-0.4, -0.2) is 23.3 Å². The van der Waals surface area contributed by atoms with Crippen molar-refractivity contribution in [1.29, 1.82) is 5.26 Å². The van der Waals surface area contributed by atoms with Gasteiger partial charge in [0.1, 0.15) is 17.6 Å². The van der Waals surface area contributed by atoms with Crippen LogP contribution >= 0.6 is 11.8 Å². The van der Waals surface area contributed by atoms with Crippen LogP contribution in [0.15, 0.2) is 59.8 Å². The van der Waals surface area contributed by atoms with Crippen LogP contribution in [0.25, 0.3) is 0 Å². The second kappa shape index (κ2) is 10.4. The summed E-state index contributed by atoms with van der Waals surface area (Å²) < 4.78 is 5.78. The zero-order valence-corrected chi connectivity index (χ0v) is 16.2. The fraction of sp³-hybridized carbons (Fsp3) is 0.333. The maximum atomic E-state index is 12.3. The monoisotopic (exact) mass is 368 g/mol. The number of nitriles is 1. The molecule has 1 rings (SSSR count). The molecule has 0 aromatic rings. The van der Waals surface area contributed by atoms with Gasteiger partial charge in [0.25, 0.3) is 0 Å². The topological polar surface area (TPSA) is 62.1 Å². The van der Waals surface area contributed by atoms with Crippen LogP contribution in [0.1, 0.15) is 20.8 Å². The van der Waals surface area contributed by atoms with Crippen LogP contribution in [0.5, 0.6) is 0 Å². The Kier molecular flexibility index (Phi) is 8.55.